The van der Waals surface area contributed by atoms with Crippen molar-refractivity contribution in [2.75, 3.05) is 26.1 Å². The number of carbonyl (C=O) groups excluding carboxylic acids is 2. The molecule has 3 heterocycles. The maximum atomic E-state index is 12.6. The van der Waals surface area contributed by atoms with Gasteiger partial charge in [0.15, 0.2) is 6.61 Å². The van der Waals surface area contributed by atoms with Crippen LogP contribution in [0, 0.1) is 6.92 Å². The topological polar surface area (TPSA) is 117 Å². The summed E-state index contributed by atoms with van der Waals surface area (Å²) in [6, 6.07) is 10.4. The average molecular weight is 488 g/mol. The van der Waals surface area contributed by atoms with Crippen LogP contribution in [0.3, 0.4) is 0 Å². The van der Waals surface area contributed by atoms with Crippen LogP contribution in [-0.2, 0) is 9.53 Å². The van der Waals surface area contributed by atoms with Gasteiger partial charge >= 0.3 is 5.97 Å². The second kappa shape index (κ2) is 9.43. The number of hydrogen-bond acceptors (Lipinski definition) is 9. The van der Waals surface area contributed by atoms with Crippen molar-refractivity contribution in [3.8, 4) is 17.4 Å². The quantitative estimate of drug-likeness (QED) is 0.392. The maximum Gasteiger partial charge on any atom is 0.348 e. The molecule has 4 aromatic rings. The van der Waals surface area contributed by atoms with Gasteiger partial charge in [-0.25, -0.2) is 9.48 Å². The summed E-state index contributed by atoms with van der Waals surface area (Å²) in [7, 11) is 2.85. The molecule has 10 nitrogen and oxygen atoms in total. The van der Waals surface area contributed by atoms with Gasteiger partial charge in [0, 0.05) is 10.4 Å². The number of nitrogens with zero attached hydrogens (tertiary/aromatic N) is 4. The first-order valence-electron chi connectivity index (χ1n) is 9.57. The zero-order valence-electron chi connectivity index (χ0n) is 17.8. The number of esters is 1. The van der Waals surface area contributed by atoms with Gasteiger partial charge in [-0.15, -0.1) is 11.3 Å². The van der Waals surface area contributed by atoms with E-state index < -0.39 is 18.5 Å². The number of carbonyl (C=O) groups is 2. The fourth-order valence-electron chi connectivity index (χ4n) is 2.96. The van der Waals surface area contributed by atoms with E-state index in [0.717, 1.165) is 21.6 Å². The van der Waals surface area contributed by atoms with E-state index in [1.807, 2.05) is 19.1 Å². The van der Waals surface area contributed by atoms with E-state index in [1.165, 1.54) is 31.6 Å². The standard InChI is InChI=1S/C21H18ClN5O5S/c1-11-14-8-15(33-19(14)27(26-11)13-6-4-5-12(22)7-13)20(29)32-10-16(28)23-21-24-17(30-2)9-18(25-21)31-3/h4-9H,10H2,1-3H3,(H,23,24,25,28). The zero-order valence-corrected chi connectivity index (χ0v) is 19.4. The molecule has 0 radical (unpaired) electrons. The number of thiophene rings is 1. The molecule has 170 valence electrons. The van der Waals surface area contributed by atoms with E-state index in [1.54, 1.807) is 22.9 Å². The van der Waals surface area contributed by atoms with Crippen molar-refractivity contribution in [1.29, 1.82) is 0 Å². The molecule has 33 heavy (non-hydrogen) atoms. The van der Waals surface area contributed by atoms with Gasteiger partial charge in [0.05, 0.1) is 31.7 Å². The number of amides is 1. The van der Waals surface area contributed by atoms with Crippen LogP contribution >= 0.6 is 22.9 Å². The molecule has 0 spiro atoms. The Bertz CT molecular complexity index is 1330. The van der Waals surface area contributed by atoms with E-state index in [9.17, 15) is 9.59 Å². The number of rotatable bonds is 7. The summed E-state index contributed by atoms with van der Waals surface area (Å²) in [5, 5.41) is 8.36. The van der Waals surface area contributed by atoms with Gasteiger partial charge in [0.25, 0.3) is 5.91 Å². The number of anilines is 1. The van der Waals surface area contributed by atoms with Crippen molar-refractivity contribution < 1.29 is 23.8 Å². The number of ether oxygens (including phenoxy) is 3. The minimum Gasteiger partial charge on any atom is -0.481 e. The Hall–Kier alpha value is -3.70. The second-order valence-corrected chi connectivity index (χ2v) is 8.17. The van der Waals surface area contributed by atoms with Crippen LogP contribution < -0.4 is 14.8 Å². The van der Waals surface area contributed by atoms with Crippen molar-refractivity contribution in [2.45, 2.75) is 6.92 Å². The highest BCUT2D eigenvalue weighted by atomic mass is 35.5. The molecular formula is C21H18ClN5O5S. The van der Waals surface area contributed by atoms with Crippen LogP contribution in [0.1, 0.15) is 15.4 Å². The first kappa shape index (κ1) is 22.5. The lowest BCUT2D eigenvalue weighted by molar-refractivity contribution is -0.119. The predicted octanol–water partition coefficient (Wildman–Crippen LogP) is 3.65. The molecule has 0 aliphatic rings. The van der Waals surface area contributed by atoms with E-state index in [0.29, 0.717) is 9.90 Å². The Labute approximate surface area is 197 Å². The molecular weight excluding hydrogens is 470 g/mol. The fourth-order valence-corrected chi connectivity index (χ4v) is 4.22. The fraction of sp³-hybridized carbons (Fsp3) is 0.190. The SMILES string of the molecule is COc1cc(OC)nc(NC(=O)COC(=O)c2cc3c(C)nn(-c4cccc(Cl)c4)c3s2)n1. The molecule has 0 aliphatic heterocycles. The molecule has 0 saturated heterocycles. The Morgan fingerprint density at radius 3 is 2.52 bits per heavy atom. The second-order valence-electron chi connectivity index (χ2n) is 6.71. The first-order chi connectivity index (χ1) is 15.9. The Kier molecular flexibility index (Phi) is 6.43. The molecule has 1 N–H and O–H groups in total. The third-order valence-corrected chi connectivity index (χ3v) is 5.81. The molecule has 0 fully saturated rings. The number of halogens is 1. The Morgan fingerprint density at radius 1 is 1.12 bits per heavy atom. The minimum absolute atomic E-state index is 0.0358. The number of methoxy groups -OCH3 is 2. The van der Waals surface area contributed by atoms with E-state index in [4.69, 9.17) is 25.8 Å². The maximum absolute atomic E-state index is 12.6. The van der Waals surface area contributed by atoms with E-state index in [2.05, 4.69) is 20.4 Å². The smallest absolute Gasteiger partial charge is 0.348 e. The largest absolute Gasteiger partial charge is 0.481 e. The number of hydrogen-bond donors (Lipinski definition) is 1. The van der Waals surface area contributed by atoms with Crippen LogP contribution in [0.2, 0.25) is 5.02 Å². The van der Waals surface area contributed by atoms with Crippen LogP contribution in [0.25, 0.3) is 15.9 Å². The van der Waals surface area contributed by atoms with Gasteiger partial charge in [-0.3, -0.25) is 10.1 Å². The van der Waals surface area contributed by atoms with E-state index >= 15 is 0 Å². The molecule has 0 atom stereocenters. The summed E-state index contributed by atoms with van der Waals surface area (Å²) in [5.74, 6) is -0.855. The van der Waals surface area contributed by atoms with Crippen molar-refractivity contribution in [2.24, 2.45) is 0 Å². The predicted molar refractivity (Wildman–Crippen MR) is 123 cm³/mol. The summed E-state index contributed by atoms with van der Waals surface area (Å²) >= 11 is 7.31. The van der Waals surface area contributed by atoms with Gasteiger partial charge < -0.3 is 14.2 Å². The number of benzene rings is 1. The molecule has 0 bridgehead atoms. The lowest BCUT2D eigenvalue weighted by Crippen LogP contribution is -2.22. The summed E-state index contributed by atoms with van der Waals surface area (Å²) in [5.41, 5.74) is 1.53. The van der Waals surface area contributed by atoms with Crippen LogP contribution in [-0.4, -0.2) is 52.5 Å². The molecule has 0 unspecified atom stereocenters. The van der Waals surface area contributed by atoms with Crippen molar-refractivity contribution >= 4 is 51.0 Å². The van der Waals surface area contributed by atoms with Crippen LogP contribution in [0.5, 0.6) is 11.8 Å². The van der Waals surface area contributed by atoms with E-state index in [-0.39, 0.29) is 17.7 Å². The van der Waals surface area contributed by atoms with Crippen molar-refractivity contribution in [3.63, 3.8) is 0 Å². The zero-order chi connectivity index (χ0) is 23.5. The van der Waals surface area contributed by atoms with Crippen molar-refractivity contribution in [3.05, 3.63) is 52.0 Å². The van der Waals surface area contributed by atoms with Gasteiger partial charge in [0.2, 0.25) is 17.7 Å². The van der Waals surface area contributed by atoms with Gasteiger partial charge in [-0.05, 0) is 31.2 Å². The number of nitrogens with one attached hydrogen (secondary N) is 1. The molecule has 1 aromatic carbocycles. The van der Waals surface area contributed by atoms with Crippen LogP contribution in [0.4, 0.5) is 5.95 Å². The number of aryl methyl sites for hydroxylation is 1. The third-order valence-electron chi connectivity index (χ3n) is 4.48. The summed E-state index contributed by atoms with van der Waals surface area (Å²) in [6.45, 7) is 1.33. The van der Waals surface area contributed by atoms with Gasteiger partial charge in [-0.1, -0.05) is 17.7 Å². The summed E-state index contributed by atoms with van der Waals surface area (Å²) in [6.07, 6.45) is 0. The molecule has 1 amide bonds. The van der Waals surface area contributed by atoms with Crippen LogP contribution in [0.15, 0.2) is 36.4 Å². The van der Waals surface area contributed by atoms with Gasteiger partial charge in [0.1, 0.15) is 9.71 Å². The molecule has 12 heteroatoms. The Morgan fingerprint density at radius 2 is 1.85 bits per heavy atom. The highest BCUT2D eigenvalue weighted by molar-refractivity contribution is 7.20. The van der Waals surface area contributed by atoms with Gasteiger partial charge in [-0.2, -0.15) is 15.1 Å². The monoisotopic (exact) mass is 487 g/mol. The molecule has 0 saturated carbocycles. The highest BCUT2D eigenvalue weighted by Gasteiger charge is 2.19. The number of aromatic nitrogens is 4. The number of fused-ring (bicyclic) bond motifs is 1. The average Bonchev–Trinajstić information content (AvgIpc) is 3.37. The van der Waals surface area contributed by atoms with Crippen molar-refractivity contribution in [1.82, 2.24) is 19.7 Å². The first-order valence-corrected chi connectivity index (χ1v) is 10.8. The molecule has 0 aliphatic carbocycles. The minimum atomic E-state index is -0.632. The lowest BCUT2D eigenvalue weighted by atomic mass is 10.3. The normalized spacial score (nSPS) is 10.8. The molecule has 3 aromatic heterocycles. The molecule has 4 rings (SSSR count). The summed E-state index contributed by atoms with van der Waals surface area (Å²) < 4.78 is 17.0. The third kappa shape index (κ3) is 4.89. The summed E-state index contributed by atoms with van der Waals surface area (Å²) in [4.78, 5) is 33.9. The lowest BCUT2D eigenvalue weighted by Gasteiger charge is -2.07. The highest BCUT2D eigenvalue weighted by Crippen LogP contribution is 2.31. The Balaban J connectivity index is 1.46.